The van der Waals surface area contributed by atoms with Gasteiger partial charge < -0.3 is 14.8 Å². The number of morpholine rings is 1. The van der Waals surface area contributed by atoms with E-state index in [-0.39, 0.29) is 16.3 Å². The van der Waals surface area contributed by atoms with Crippen molar-refractivity contribution in [3.63, 3.8) is 0 Å². The fourth-order valence-electron chi connectivity index (χ4n) is 2.56. The second kappa shape index (κ2) is 7.81. The van der Waals surface area contributed by atoms with E-state index in [1.165, 1.54) is 35.8 Å². The summed E-state index contributed by atoms with van der Waals surface area (Å²) < 4.78 is 37.2. The molecule has 1 aromatic heterocycles. The third kappa shape index (κ3) is 3.85. The molecule has 1 saturated heterocycles. The van der Waals surface area contributed by atoms with Gasteiger partial charge in [-0.15, -0.1) is 0 Å². The van der Waals surface area contributed by atoms with E-state index >= 15 is 0 Å². The lowest BCUT2D eigenvalue weighted by Crippen LogP contribution is -2.40. The highest BCUT2D eigenvalue weighted by atomic mass is 32.2. The second-order valence-electron chi connectivity index (χ2n) is 5.55. The first-order chi connectivity index (χ1) is 12.5. The number of anilines is 1. The number of sulfonamides is 1. The van der Waals surface area contributed by atoms with Crippen LogP contribution >= 0.6 is 0 Å². The molecule has 1 aliphatic rings. The molecule has 26 heavy (non-hydrogen) atoms. The van der Waals surface area contributed by atoms with Gasteiger partial charge in [0.25, 0.3) is 5.91 Å². The highest BCUT2D eigenvalue weighted by molar-refractivity contribution is 7.89. The fraction of sp³-hybridized carbons (Fsp3) is 0.294. The Hall–Kier alpha value is -2.49. The SMILES string of the molecule is COc1cccnc1NC(=O)c1cccc(S(=O)(=O)N2CCOCC2)c1. The Balaban J connectivity index is 1.83. The maximum absolute atomic E-state index is 12.7. The zero-order valence-corrected chi connectivity index (χ0v) is 15.0. The summed E-state index contributed by atoms with van der Waals surface area (Å²) in [4.78, 5) is 16.6. The number of nitrogens with zero attached hydrogens (tertiary/aromatic N) is 2. The van der Waals surface area contributed by atoms with E-state index in [4.69, 9.17) is 9.47 Å². The molecule has 0 spiro atoms. The Labute approximate surface area is 151 Å². The summed E-state index contributed by atoms with van der Waals surface area (Å²) >= 11 is 0. The van der Waals surface area contributed by atoms with E-state index in [2.05, 4.69) is 10.3 Å². The lowest BCUT2D eigenvalue weighted by atomic mass is 10.2. The normalized spacial score (nSPS) is 15.4. The minimum atomic E-state index is -3.67. The van der Waals surface area contributed by atoms with Crippen LogP contribution in [0.4, 0.5) is 5.82 Å². The minimum Gasteiger partial charge on any atom is -0.493 e. The fourth-order valence-corrected chi connectivity index (χ4v) is 4.02. The van der Waals surface area contributed by atoms with Gasteiger partial charge in [-0.3, -0.25) is 4.79 Å². The van der Waals surface area contributed by atoms with Crippen molar-refractivity contribution in [2.24, 2.45) is 0 Å². The van der Waals surface area contributed by atoms with Crippen LogP contribution in [0, 0.1) is 0 Å². The largest absolute Gasteiger partial charge is 0.493 e. The molecule has 2 heterocycles. The van der Waals surface area contributed by atoms with Crippen molar-refractivity contribution in [3.8, 4) is 5.75 Å². The molecule has 8 nitrogen and oxygen atoms in total. The maximum Gasteiger partial charge on any atom is 0.256 e. The first-order valence-electron chi connectivity index (χ1n) is 8.00. The molecule has 2 aromatic rings. The van der Waals surface area contributed by atoms with E-state index in [0.717, 1.165) is 0 Å². The van der Waals surface area contributed by atoms with Gasteiger partial charge in [-0.2, -0.15) is 4.31 Å². The number of rotatable bonds is 5. The zero-order chi connectivity index (χ0) is 18.6. The highest BCUT2D eigenvalue weighted by Crippen LogP contribution is 2.22. The van der Waals surface area contributed by atoms with Gasteiger partial charge in [0.1, 0.15) is 0 Å². The summed E-state index contributed by atoms with van der Waals surface area (Å²) in [5.74, 6) is 0.209. The van der Waals surface area contributed by atoms with E-state index < -0.39 is 15.9 Å². The number of aromatic nitrogens is 1. The third-order valence-electron chi connectivity index (χ3n) is 3.93. The van der Waals surface area contributed by atoms with Crippen LogP contribution in [-0.2, 0) is 14.8 Å². The Kier molecular flexibility index (Phi) is 5.50. The minimum absolute atomic E-state index is 0.0695. The number of hydrogen-bond donors (Lipinski definition) is 1. The standard InChI is InChI=1S/C17H19N3O5S/c1-24-15-6-3-7-18-16(15)19-17(21)13-4-2-5-14(12-13)26(22,23)20-8-10-25-11-9-20/h2-7,12H,8-11H2,1H3,(H,18,19,21). The Morgan fingerprint density at radius 2 is 2.00 bits per heavy atom. The molecule has 1 aromatic carbocycles. The molecule has 1 N–H and O–H groups in total. The molecule has 1 aliphatic heterocycles. The number of hydrogen-bond acceptors (Lipinski definition) is 6. The van der Waals surface area contributed by atoms with Crippen LogP contribution in [0.3, 0.4) is 0 Å². The predicted octanol–water partition coefficient (Wildman–Crippen LogP) is 1.36. The molecule has 0 unspecified atom stereocenters. The summed E-state index contributed by atoms with van der Waals surface area (Å²) in [6.07, 6.45) is 1.53. The molecule has 0 aliphatic carbocycles. The molecular weight excluding hydrogens is 358 g/mol. The van der Waals surface area contributed by atoms with Gasteiger partial charge in [0, 0.05) is 24.8 Å². The van der Waals surface area contributed by atoms with Crippen molar-refractivity contribution >= 4 is 21.7 Å². The first kappa shape index (κ1) is 18.3. The monoisotopic (exact) mass is 377 g/mol. The number of carbonyl (C=O) groups excluding carboxylic acids is 1. The predicted molar refractivity (Wildman–Crippen MR) is 94.8 cm³/mol. The summed E-state index contributed by atoms with van der Waals surface area (Å²) in [5.41, 5.74) is 0.215. The van der Waals surface area contributed by atoms with Crippen molar-refractivity contribution in [1.82, 2.24) is 9.29 Å². The van der Waals surface area contributed by atoms with Crippen LogP contribution in [0.1, 0.15) is 10.4 Å². The molecule has 9 heteroatoms. The quantitative estimate of drug-likeness (QED) is 0.845. The molecule has 1 fully saturated rings. The Morgan fingerprint density at radius 1 is 1.23 bits per heavy atom. The molecule has 138 valence electrons. The Morgan fingerprint density at radius 3 is 2.73 bits per heavy atom. The van der Waals surface area contributed by atoms with Gasteiger partial charge in [-0.25, -0.2) is 13.4 Å². The van der Waals surface area contributed by atoms with Gasteiger partial charge in [0.15, 0.2) is 11.6 Å². The van der Waals surface area contributed by atoms with Crippen molar-refractivity contribution in [2.75, 3.05) is 38.7 Å². The smallest absolute Gasteiger partial charge is 0.256 e. The van der Waals surface area contributed by atoms with E-state index in [1.807, 2.05) is 0 Å². The van der Waals surface area contributed by atoms with Crippen molar-refractivity contribution in [1.29, 1.82) is 0 Å². The van der Waals surface area contributed by atoms with Gasteiger partial charge in [0.2, 0.25) is 10.0 Å². The van der Waals surface area contributed by atoms with Gasteiger partial charge in [0.05, 0.1) is 25.2 Å². The van der Waals surface area contributed by atoms with Crippen molar-refractivity contribution in [3.05, 3.63) is 48.2 Å². The number of nitrogens with one attached hydrogen (secondary N) is 1. The van der Waals surface area contributed by atoms with E-state index in [0.29, 0.717) is 32.1 Å². The van der Waals surface area contributed by atoms with E-state index in [1.54, 1.807) is 18.2 Å². The number of amides is 1. The molecule has 0 saturated carbocycles. The first-order valence-corrected chi connectivity index (χ1v) is 9.44. The van der Waals surface area contributed by atoms with Crippen LogP contribution in [-0.4, -0.2) is 57.0 Å². The Bertz CT molecular complexity index is 895. The number of methoxy groups -OCH3 is 1. The number of pyridine rings is 1. The average Bonchev–Trinajstić information content (AvgIpc) is 2.69. The van der Waals surface area contributed by atoms with Crippen LogP contribution in [0.25, 0.3) is 0 Å². The lowest BCUT2D eigenvalue weighted by molar-refractivity contribution is 0.0730. The zero-order valence-electron chi connectivity index (χ0n) is 14.2. The molecular formula is C17H19N3O5S. The van der Waals surface area contributed by atoms with Gasteiger partial charge in [-0.05, 0) is 30.3 Å². The van der Waals surface area contributed by atoms with Crippen LogP contribution in [0.15, 0.2) is 47.5 Å². The number of carbonyl (C=O) groups is 1. The van der Waals surface area contributed by atoms with Gasteiger partial charge >= 0.3 is 0 Å². The summed E-state index contributed by atoms with van der Waals surface area (Å²) in [5, 5.41) is 2.63. The highest BCUT2D eigenvalue weighted by Gasteiger charge is 2.27. The second-order valence-corrected chi connectivity index (χ2v) is 7.49. The van der Waals surface area contributed by atoms with Crippen molar-refractivity contribution < 1.29 is 22.7 Å². The summed E-state index contributed by atoms with van der Waals surface area (Å²) in [7, 11) is -2.20. The average molecular weight is 377 g/mol. The molecule has 0 bridgehead atoms. The topological polar surface area (TPSA) is 97.8 Å². The molecule has 0 radical (unpaired) electrons. The molecule has 3 rings (SSSR count). The third-order valence-corrected chi connectivity index (χ3v) is 5.82. The summed E-state index contributed by atoms with van der Waals surface area (Å²) in [6.45, 7) is 1.31. The van der Waals surface area contributed by atoms with E-state index in [9.17, 15) is 13.2 Å². The lowest BCUT2D eigenvalue weighted by Gasteiger charge is -2.26. The number of ether oxygens (including phenoxy) is 2. The van der Waals surface area contributed by atoms with Crippen LogP contribution in [0.2, 0.25) is 0 Å². The van der Waals surface area contributed by atoms with Crippen molar-refractivity contribution in [2.45, 2.75) is 4.90 Å². The maximum atomic E-state index is 12.7. The van der Waals surface area contributed by atoms with Crippen LogP contribution < -0.4 is 10.1 Å². The number of benzene rings is 1. The van der Waals surface area contributed by atoms with Crippen LogP contribution in [0.5, 0.6) is 5.75 Å². The summed E-state index contributed by atoms with van der Waals surface area (Å²) in [6, 6.07) is 9.27. The van der Waals surface area contributed by atoms with Gasteiger partial charge in [-0.1, -0.05) is 6.07 Å². The molecule has 0 atom stereocenters. The molecule has 1 amide bonds.